The summed E-state index contributed by atoms with van der Waals surface area (Å²) in [5.41, 5.74) is 5.62. The number of carbonyl (C=O) groups is 2. The Morgan fingerprint density at radius 3 is 2.80 bits per heavy atom. The maximum Gasteiger partial charge on any atom is 0.354 e. The van der Waals surface area contributed by atoms with Crippen molar-refractivity contribution in [3.8, 4) is 0 Å². The van der Waals surface area contributed by atoms with Crippen molar-refractivity contribution in [2.24, 2.45) is 5.73 Å². The molecular formula is C10H14N2O3. The van der Waals surface area contributed by atoms with Crippen LogP contribution >= 0.6 is 0 Å². The number of nitrogens with two attached hydrogens (primary N) is 1. The summed E-state index contributed by atoms with van der Waals surface area (Å²) < 4.78 is 4.71. The van der Waals surface area contributed by atoms with Crippen molar-refractivity contribution in [2.45, 2.75) is 26.2 Å². The summed E-state index contributed by atoms with van der Waals surface area (Å²) in [6.45, 7) is 1.90. The van der Waals surface area contributed by atoms with Crippen LogP contribution in [0.15, 0.2) is 11.3 Å². The van der Waals surface area contributed by atoms with E-state index >= 15 is 0 Å². The van der Waals surface area contributed by atoms with Gasteiger partial charge in [0.15, 0.2) is 5.78 Å². The second kappa shape index (κ2) is 4.72. The smallest absolute Gasteiger partial charge is 0.354 e. The van der Waals surface area contributed by atoms with Gasteiger partial charge in [0.2, 0.25) is 0 Å². The molecule has 5 heteroatoms. The molecule has 15 heavy (non-hydrogen) atoms. The van der Waals surface area contributed by atoms with E-state index in [-0.39, 0.29) is 23.8 Å². The van der Waals surface area contributed by atoms with E-state index in [0.717, 1.165) is 0 Å². The molecule has 1 aliphatic rings. The maximum absolute atomic E-state index is 11.3. The maximum atomic E-state index is 11.3. The van der Waals surface area contributed by atoms with Gasteiger partial charge >= 0.3 is 5.97 Å². The third-order valence-corrected chi connectivity index (χ3v) is 2.23. The summed E-state index contributed by atoms with van der Waals surface area (Å²) in [6, 6.07) is 0. The van der Waals surface area contributed by atoms with Crippen LogP contribution in [0.4, 0.5) is 0 Å². The molecule has 0 spiro atoms. The highest BCUT2D eigenvalue weighted by Gasteiger charge is 2.25. The first-order chi connectivity index (χ1) is 7.07. The normalized spacial score (nSPS) is 20.1. The van der Waals surface area contributed by atoms with Crippen LogP contribution < -0.4 is 5.73 Å². The fourth-order valence-electron chi connectivity index (χ4n) is 1.45. The zero-order valence-corrected chi connectivity index (χ0v) is 8.63. The second-order valence-electron chi connectivity index (χ2n) is 3.26. The van der Waals surface area contributed by atoms with Crippen molar-refractivity contribution in [1.82, 2.24) is 0 Å². The molecule has 0 saturated heterocycles. The Morgan fingerprint density at radius 1 is 1.53 bits per heavy atom. The number of ether oxygens (including phenoxy) is 1. The third-order valence-electron chi connectivity index (χ3n) is 2.23. The highest BCUT2D eigenvalue weighted by molar-refractivity contribution is 6.46. The van der Waals surface area contributed by atoms with E-state index in [2.05, 4.69) is 0 Å². The van der Waals surface area contributed by atoms with Crippen LogP contribution in [-0.2, 0) is 14.3 Å². The van der Waals surface area contributed by atoms with E-state index in [1.807, 2.05) is 0 Å². The van der Waals surface area contributed by atoms with Gasteiger partial charge in [0.25, 0.3) is 0 Å². The lowest BCUT2D eigenvalue weighted by Gasteiger charge is -2.16. The number of Topliss-reactive ketones (excluding diaryl/α,β-unsaturated/α-hetero) is 1. The van der Waals surface area contributed by atoms with Crippen LogP contribution in [0.25, 0.3) is 0 Å². The van der Waals surface area contributed by atoms with Gasteiger partial charge in [-0.25, -0.2) is 4.79 Å². The first kappa shape index (κ1) is 11.4. The van der Waals surface area contributed by atoms with Crippen molar-refractivity contribution in [3.63, 3.8) is 0 Å². The minimum Gasteiger partial charge on any atom is -0.461 e. The standard InChI is InChI=1S/C10H14N2O3/c1-2-15-10(14)9(12)6-4-3-5-7(13)8(6)11/h11H,2-5,12H2,1H3. The van der Waals surface area contributed by atoms with Crippen molar-refractivity contribution in [1.29, 1.82) is 5.41 Å². The minimum atomic E-state index is -0.646. The number of esters is 1. The summed E-state index contributed by atoms with van der Waals surface area (Å²) in [5, 5.41) is 7.51. The van der Waals surface area contributed by atoms with Crippen LogP contribution in [0.2, 0.25) is 0 Å². The van der Waals surface area contributed by atoms with Gasteiger partial charge in [-0.15, -0.1) is 0 Å². The van der Waals surface area contributed by atoms with Crippen molar-refractivity contribution in [2.75, 3.05) is 6.61 Å². The lowest BCUT2D eigenvalue weighted by atomic mass is 9.90. The molecule has 1 rings (SSSR count). The Balaban J connectivity index is 2.92. The number of hydrogen-bond donors (Lipinski definition) is 2. The number of ketones is 1. The highest BCUT2D eigenvalue weighted by atomic mass is 16.5. The van der Waals surface area contributed by atoms with Crippen LogP contribution in [0, 0.1) is 5.41 Å². The fraction of sp³-hybridized carbons (Fsp3) is 0.500. The van der Waals surface area contributed by atoms with Crippen molar-refractivity contribution < 1.29 is 14.3 Å². The molecule has 0 bridgehead atoms. The van der Waals surface area contributed by atoms with E-state index < -0.39 is 5.97 Å². The number of carbonyl (C=O) groups excluding carboxylic acids is 2. The lowest BCUT2D eigenvalue weighted by molar-refractivity contribution is -0.138. The molecule has 0 aromatic heterocycles. The molecule has 0 radical (unpaired) electrons. The molecule has 1 aliphatic carbocycles. The monoisotopic (exact) mass is 210 g/mol. The molecule has 0 atom stereocenters. The number of hydrogen-bond acceptors (Lipinski definition) is 5. The summed E-state index contributed by atoms with van der Waals surface area (Å²) in [6.07, 6.45) is 1.49. The van der Waals surface area contributed by atoms with Crippen LogP contribution in [0.3, 0.4) is 0 Å². The molecule has 0 unspecified atom stereocenters. The van der Waals surface area contributed by atoms with Gasteiger partial charge in [-0.05, 0) is 19.8 Å². The molecular weight excluding hydrogens is 196 g/mol. The van der Waals surface area contributed by atoms with Crippen LogP contribution in [0.1, 0.15) is 26.2 Å². The Hall–Kier alpha value is -1.65. The van der Waals surface area contributed by atoms with E-state index in [4.69, 9.17) is 15.9 Å². The topological polar surface area (TPSA) is 93.2 Å². The Morgan fingerprint density at radius 2 is 2.20 bits per heavy atom. The first-order valence-corrected chi connectivity index (χ1v) is 4.85. The molecule has 1 fully saturated rings. The quantitative estimate of drug-likeness (QED) is 0.513. The lowest BCUT2D eigenvalue weighted by Crippen LogP contribution is -2.27. The molecule has 82 valence electrons. The van der Waals surface area contributed by atoms with E-state index in [1.54, 1.807) is 6.92 Å². The van der Waals surface area contributed by atoms with Crippen LogP contribution in [0.5, 0.6) is 0 Å². The predicted molar refractivity (Wildman–Crippen MR) is 54.4 cm³/mol. The Labute approximate surface area is 87.8 Å². The van der Waals surface area contributed by atoms with Gasteiger partial charge in [0.05, 0.1) is 6.61 Å². The molecule has 1 saturated carbocycles. The van der Waals surface area contributed by atoms with Crippen LogP contribution in [-0.4, -0.2) is 24.1 Å². The van der Waals surface area contributed by atoms with Gasteiger partial charge < -0.3 is 10.5 Å². The predicted octanol–water partition coefficient (Wildman–Crippen LogP) is 0.535. The molecule has 0 aliphatic heterocycles. The second-order valence-corrected chi connectivity index (χ2v) is 3.26. The average molecular weight is 210 g/mol. The van der Waals surface area contributed by atoms with E-state index in [0.29, 0.717) is 24.8 Å². The minimum absolute atomic E-state index is 0.102. The summed E-state index contributed by atoms with van der Waals surface area (Å²) >= 11 is 0. The number of allylic oxidation sites excluding steroid dienone is 1. The van der Waals surface area contributed by atoms with E-state index in [1.165, 1.54) is 0 Å². The number of nitrogens with one attached hydrogen (secondary N) is 1. The van der Waals surface area contributed by atoms with Gasteiger partial charge in [-0.3, -0.25) is 10.2 Å². The molecule has 0 heterocycles. The molecule has 3 N–H and O–H groups in total. The fourth-order valence-corrected chi connectivity index (χ4v) is 1.45. The summed E-state index contributed by atoms with van der Waals surface area (Å²) in [7, 11) is 0. The highest BCUT2D eigenvalue weighted by Crippen LogP contribution is 2.19. The van der Waals surface area contributed by atoms with Crippen molar-refractivity contribution >= 4 is 17.5 Å². The Kier molecular flexibility index (Phi) is 3.60. The largest absolute Gasteiger partial charge is 0.461 e. The zero-order valence-electron chi connectivity index (χ0n) is 8.63. The molecule has 0 aromatic carbocycles. The first-order valence-electron chi connectivity index (χ1n) is 4.85. The zero-order chi connectivity index (χ0) is 11.4. The SMILES string of the molecule is CCOC(=O)C(N)=C1CCCC(=O)C1=N. The molecule has 5 nitrogen and oxygen atoms in total. The summed E-state index contributed by atoms with van der Waals surface area (Å²) in [5.74, 6) is -0.907. The average Bonchev–Trinajstić information content (AvgIpc) is 2.21. The van der Waals surface area contributed by atoms with Gasteiger partial charge in [-0.1, -0.05) is 0 Å². The van der Waals surface area contributed by atoms with Crippen molar-refractivity contribution in [3.05, 3.63) is 11.3 Å². The molecule has 0 amide bonds. The van der Waals surface area contributed by atoms with Gasteiger partial charge in [0, 0.05) is 12.0 Å². The number of rotatable bonds is 2. The van der Waals surface area contributed by atoms with Gasteiger partial charge in [-0.2, -0.15) is 0 Å². The third kappa shape index (κ3) is 2.43. The van der Waals surface area contributed by atoms with Gasteiger partial charge in [0.1, 0.15) is 11.4 Å². The molecule has 0 aromatic rings. The van der Waals surface area contributed by atoms with E-state index in [9.17, 15) is 9.59 Å². The Bertz CT molecular complexity index is 345. The summed E-state index contributed by atoms with van der Waals surface area (Å²) in [4.78, 5) is 22.5.